The van der Waals surface area contributed by atoms with Crippen molar-refractivity contribution in [2.45, 2.75) is 19.2 Å². The summed E-state index contributed by atoms with van der Waals surface area (Å²) < 4.78 is 46.7. The molecule has 0 aliphatic heterocycles. The van der Waals surface area contributed by atoms with Crippen molar-refractivity contribution in [1.29, 1.82) is 0 Å². The third-order valence-corrected chi connectivity index (χ3v) is 2.18. The molecule has 0 bridgehead atoms. The number of alkyl halides is 3. The van der Waals surface area contributed by atoms with Crippen molar-refractivity contribution in [2.75, 3.05) is 6.61 Å². The van der Waals surface area contributed by atoms with E-state index in [2.05, 4.69) is 9.72 Å². The van der Waals surface area contributed by atoms with Crippen LogP contribution in [0.3, 0.4) is 0 Å². The molecule has 0 aliphatic carbocycles. The lowest BCUT2D eigenvalue weighted by Gasteiger charge is -2.15. The highest BCUT2D eigenvalue weighted by atomic mass is 35.5. The number of hydrogen-bond acceptors (Lipinski definition) is 4. The third-order valence-electron chi connectivity index (χ3n) is 1.91. The Hall–Kier alpha value is -1.70. The molecule has 0 saturated carbocycles. The van der Waals surface area contributed by atoms with Gasteiger partial charge in [0.05, 0.1) is 5.56 Å². The second-order valence-corrected chi connectivity index (χ2v) is 3.97. The van der Waals surface area contributed by atoms with E-state index in [0.717, 1.165) is 0 Å². The number of carbonyl (C=O) groups is 1. The molecule has 1 heterocycles. The minimum atomic E-state index is -4.53. The average molecular weight is 299 g/mol. The van der Waals surface area contributed by atoms with E-state index in [1.807, 2.05) is 0 Å². The molecule has 0 fully saturated rings. The van der Waals surface area contributed by atoms with Crippen molar-refractivity contribution in [1.82, 2.24) is 4.98 Å². The van der Waals surface area contributed by atoms with Crippen LogP contribution in [0.25, 0.3) is 0 Å². The van der Waals surface area contributed by atoms with Gasteiger partial charge in [0.25, 0.3) is 0 Å². The number of nitrogens with two attached hydrogens (primary N) is 1. The molecule has 0 aliphatic rings. The van der Waals surface area contributed by atoms with Crippen LogP contribution in [-0.2, 0) is 10.9 Å². The highest BCUT2D eigenvalue weighted by Crippen LogP contribution is 2.33. The monoisotopic (exact) mass is 298 g/mol. The summed E-state index contributed by atoms with van der Waals surface area (Å²) in [5.41, 5.74) is 3.77. The van der Waals surface area contributed by atoms with Crippen LogP contribution in [-0.4, -0.2) is 23.8 Å². The number of ether oxygens (including phenoxy) is 2. The maximum Gasteiger partial charge on any atom is 0.417 e. The first-order chi connectivity index (χ1) is 8.70. The molecular formula is C10H10ClF3N2O3. The topological polar surface area (TPSA) is 74.4 Å². The second-order valence-electron chi connectivity index (χ2n) is 3.57. The van der Waals surface area contributed by atoms with Gasteiger partial charge in [0.2, 0.25) is 5.88 Å². The van der Waals surface area contributed by atoms with Crippen molar-refractivity contribution in [3.63, 3.8) is 0 Å². The number of nitrogens with zero attached hydrogens (tertiary/aromatic N) is 1. The second kappa shape index (κ2) is 5.96. The predicted octanol–water partition coefficient (Wildman–Crippen LogP) is 2.62. The molecule has 2 N–H and O–H groups in total. The first-order valence-corrected chi connectivity index (χ1v) is 5.39. The van der Waals surface area contributed by atoms with Crippen LogP contribution >= 0.6 is 11.6 Å². The Morgan fingerprint density at radius 3 is 2.68 bits per heavy atom. The van der Waals surface area contributed by atoms with E-state index < -0.39 is 23.9 Å². The van der Waals surface area contributed by atoms with Gasteiger partial charge in [0.1, 0.15) is 17.7 Å². The zero-order valence-corrected chi connectivity index (χ0v) is 10.5. The van der Waals surface area contributed by atoms with Crippen LogP contribution in [0.1, 0.15) is 12.5 Å². The number of pyridine rings is 1. The highest BCUT2D eigenvalue weighted by Gasteiger charge is 2.31. The lowest BCUT2D eigenvalue weighted by molar-refractivity contribution is -0.137. The maximum atomic E-state index is 12.4. The van der Waals surface area contributed by atoms with Gasteiger partial charge in [-0.2, -0.15) is 13.2 Å². The number of rotatable bonds is 4. The largest absolute Gasteiger partial charge is 0.470 e. The molecule has 5 nitrogen and oxygen atoms in total. The summed E-state index contributed by atoms with van der Waals surface area (Å²) in [5.74, 6) is -0.185. The number of primary amides is 1. The molecule has 106 valence electrons. The Labute approximate surface area is 111 Å². The number of halogens is 4. The molecule has 0 saturated heterocycles. The number of amides is 1. The van der Waals surface area contributed by atoms with E-state index in [4.69, 9.17) is 22.1 Å². The SMILES string of the molecule is C[C@H](COC(N)=O)Oc1ncc(C(F)(F)F)cc1Cl. The van der Waals surface area contributed by atoms with E-state index in [0.29, 0.717) is 12.3 Å². The van der Waals surface area contributed by atoms with E-state index in [-0.39, 0.29) is 17.5 Å². The standard InChI is InChI=1S/C10H10ClF3N2O3/c1-5(4-18-9(15)17)19-8-7(11)2-6(3-16-8)10(12,13)14/h2-3,5H,4H2,1H3,(H2,15,17)/t5-/m1/s1. The van der Waals surface area contributed by atoms with Gasteiger partial charge in [-0.15, -0.1) is 0 Å². The van der Waals surface area contributed by atoms with E-state index in [1.165, 1.54) is 6.92 Å². The molecule has 1 atom stereocenters. The Kier molecular flexibility index (Phi) is 4.82. The Bertz CT molecular complexity index is 468. The van der Waals surface area contributed by atoms with Crippen molar-refractivity contribution < 1.29 is 27.4 Å². The van der Waals surface area contributed by atoms with Crippen molar-refractivity contribution in [3.05, 3.63) is 22.8 Å². The van der Waals surface area contributed by atoms with Crippen LogP contribution in [0.5, 0.6) is 5.88 Å². The molecule has 0 radical (unpaired) electrons. The molecule has 1 amide bonds. The maximum absolute atomic E-state index is 12.4. The van der Waals surface area contributed by atoms with E-state index >= 15 is 0 Å². The summed E-state index contributed by atoms with van der Waals surface area (Å²) in [6.07, 6.45) is -5.57. The van der Waals surface area contributed by atoms with Gasteiger partial charge < -0.3 is 15.2 Å². The normalized spacial score (nSPS) is 12.9. The van der Waals surface area contributed by atoms with Gasteiger partial charge in [-0.25, -0.2) is 9.78 Å². The Morgan fingerprint density at radius 2 is 2.21 bits per heavy atom. The summed E-state index contributed by atoms with van der Waals surface area (Å²) in [6.45, 7) is 1.34. The van der Waals surface area contributed by atoms with E-state index in [9.17, 15) is 18.0 Å². The molecule has 9 heteroatoms. The summed E-state index contributed by atoms with van der Waals surface area (Å²) in [7, 11) is 0. The molecule has 1 aromatic rings. The Morgan fingerprint density at radius 1 is 1.58 bits per heavy atom. The van der Waals surface area contributed by atoms with Crippen molar-refractivity contribution >= 4 is 17.7 Å². The minimum Gasteiger partial charge on any atom is -0.470 e. The number of hydrogen-bond donors (Lipinski definition) is 1. The van der Waals surface area contributed by atoms with Crippen LogP contribution in [0.4, 0.5) is 18.0 Å². The average Bonchev–Trinajstić information content (AvgIpc) is 2.27. The van der Waals surface area contributed by atoms with Gasteiger partial charge >= 0.3 is 12.3 Å². The highest BCUT2D eigenvalue weighted by molar-refractivity contribution is 6.31. The lowest BCUT2D eigenvalue weighted by Crippen LogP contribution is -2.24. The summed E-state index contributed by atoms with van der Waals surface area (Å²) in [4.78, 5) is 13.8. The van der Waals surface area contributed by atoms with Crippen molar-refractivity contribution in [2.24, 2.45) is 5.73 Å². The fourth-order valence-corrected chi connectivity index (χ4v) is 1.30. The molecule has 19 heavy (non-hydrogen) atoms. The zero-order chi connectivity index (χ0) is 14.6. The van der Waals surface area contributed by atoms with Crippen molar-refractivity contribution in [3.8, 4) is 5.88 Å². The first-order valence-electron chi connectivity index (χ1n) is 5.01. The zero-order valence-electron chi connectivity index (χ0n) is 9.70. The molecule has 1 rings (SSSR count). The summed E-state index contributed by atoms with van der Waals surface area (Å²) in [5, 5.41) is -0.291. The third kappa shape index (κ3) is 4.82. The fraction of sp³-hybridized carbons (Fsp3) is 0.400. The quantitative estimate of drug-likeness (QED) is 0.927. The van der Waals surface area contributed by atoms with Crippen LogP contribution < -0.4 is 10.5 Å². The van der Waals surface area contributed by atoms with Gasteiger partial charge in [0.15, 0.2) is 0 Å². The molecular weight excluding hydrogens is 289 g/mol. The molecule has 0 aromatic carbocycles. The van der Waals surface area contributed by atoms with Gasteiger partial charge in [-0.05, 0) is 13.0 Å². The van der Waals surface area contributed by atoms with Gasteiger partial charge in [-0.3, -0.25) is 0 Å². The van der Waals surface area contributed by atoms with E-state index in [1.54, 1.807) is 0 Å². The number of aromatic nitrogens is 1. The summed E-state index contributed by atoms with van der Waals surface area (Å²) >= 11 is 5.62. The Balaban J connectivity index is 2.72. The molecule has 1 aromatic heterocycles. The molecule has 0 unspecified atom stereocenters. The van der Waals surface area contributed by atoms with Gasteiger partial charge in [-0.1, -0.05) is 11.6 Å². The van der Waals surface area contributed by atoms with Crippen LogP contribution in [0.15, 0.2) is 12.3 Å². The molecule has 0 spiro atoms. The van der Waals surface area contributed by atoms with Gasteiger partial charge in [0, 0.05) is 6.20 Å². The van der Waals surface area contributed by atoms with Crippen LogP contribution in [0.2, 0.25) is 5.02 Å². The predicted molar refractivity (Wildman–Crippen MR) is 59.9 cm³/mol. The first kappa shape index (κ1) is 15.4. The fourth-order valence-electron chi connectivity index (χ4n) is 1.09. The summed E-state index contributed by atoms with van der Waals surface area (Å²) in [6, 6.07) is 0.700. The number of carbonyl (C=O) groups excluding carboxylic acids is 1. The lowest BCUT2D eigenvalue weighted by atomic mass is 10.3. The smallest absolute Gasteiger partial charge is 0.417 e. The van der Waals surface area contributed by atoms with Crippen LogP contribution in [0, 0.1) is 0 Å². The minimum absolute atomic E-state index is 0.172.